The predicted octanol–water partition coefficient (Wildman–Crippen LogP) is 2.63. The van der Waals surface area contributed by atoms with Gasteiger partial charge >= 0.3 is 11.9 Å². The summed E-state index contributed by atoms with van der Waals surface area (Å²) in [4.78, 5) is 26.9. The molecule has 1 aliphatic heterocycles. The van der Waals surface area contributed by atoms with Gasteiger partial charge in [-0.25, -0.2) is 9.59 Å². The number of carbonyl (C=O) groups is 2. The first kappa shape index (κ1) is 19.3. The maximum atomic E-state index is 11.5. The lowest BCUT2D eigenvalue weighted by atomic mass is 9.81. The molecule has 0 aromatic carbocycles. The Hall–Kier alpha value is -1.99. The Morgan fingerprint density at radius 2 is 1.28 bits per heavy atom. The van der Waals surface area contributed by atoms with Crippen LogP contribution in [0.25, 0.3) is 0 Å². The van der Waals surface area contributed by atoms with Crippen LogP contribution in [-0.4, -0.2) is 52.7 Å². The molecule has 0 bridgehead atoms. The molecule has 0 unspecified atom stereocenters. The topological polar surface area (TPSA) is 124 Å². The van der Waals surface area contributed by atoms with E-state index in [4.69, 9.17) is 0 Å². The van der Waals surface area contributed by atoms with Gasteiger partial charge in [-0.1, -0.05) is 38.5 Å². The molecule has 0 atom stereocenters. The molecule has 0 spiro atoms. The monoisotopic (exact) mass is 352 g/mol. The summed E-state index contributed by atoms with van der Waals surface area (Å²) in [6, 6.07) is 0. The standard InChI is InChI=1S/C14H22N2O4.C3H6N2/c17-11(18)13(7-3-1-4-8-13)15-16-14(12(19)20)9-5-2-6-10-14;1-2-5-3-4-1/h1-10H2,(H,17,18)(H,19,20);3H,1-2H2,(H,4,5). The quantitative estimate of drug-likeness (QED) is 0.671. The van der Waals surface area contributed by atoms with Gasteiger partial charge in [-0.3, -0.25) is 4.99 Å². The number of aliphatic carboxylic acids is 2. The molecule has 2 aliphatic carbocycles. The third-order valence-electron chi connectivity index (χ3n) is 5.16. The van der Waals surface area contributed by atoms with E-state index in [1.807, 2.05) is 0 Å². The van der Waals surface area contributed by atoms with Gasteiger partial charge in [-0.05, 0) is 25.7 Å². The number of aliphatic imine (C=N–C) groups is 1. The third-order valence-corrected chi connectivity index (χ3v) is 5.16. The molecule has 0 saturated heterocycles. The van der Waals surface area contributed by atoms with Crippen LogP contribution in [0.3, 0.4) is 0 Å². The number of carboxylic acids is 2. The second-order valence-electron chi connectivity index (χ2n) is 6.98. The number of hydrogen-bond donors (Lipinski definition) is 3. The molecule has 3 rings (SSSR count). The molecule has 0 aromatic heterocycles. The SMILES string of the molecule is C1=NCCN1.O=C(O)C1(N=NC2(C(=O)O)CCCCC2)CCCCC1. The van der Waals surface area contributed by atoms with Crippen molar-refractivity contribution >= 4 is 18.3 Å². The van der Waals surface area contributed by atoms with Crippen molar-refractivity contribution in [2.24, 2.45) is 15.2 Å². The molecule has 140 valence electrons. The molecular formula is C17H28N4O4. The van der Waals surface area contributed by atoms with Crippen LogP contribution in [0.2, 0.25) is 0 Å². The minimum atomic E-state index is -1.20. The molecule has 0 radical (unpaired) electrons. The highest BCUT2D eigenvalue weighted by molar-refractivity contribution is 5.80. The molecule has 1 heterocycles. The molecule has 25 heavy (non-hydrogen) atoms. The van der Waals surface area contributed by atoms with Gasteiger partial charge in [0.1, 0.15) is 0 Å². The van der Waals surface area contributed by atoms with Crippen LogP contribution in [0.5, 0.6) is 0 Å². The van der Waals surface area contributed by atoms with Gasteiger partial charge in [-0.15, -0.1) is 0 Å². The van der Waals surface area contributed by atoms with Gasteiger partial charge in [0.2, 0.25) is 0 Å². The molecule has 3 N–H and O–H groups in total. The summed E-state index contributed by atoms with van der Waals surface area (Å²) in [5, 5.41) is 30.0. The summed E-state index contributed by atoms with van der Waals surface area (Å²) in [6.07, 6.45) is 8.84. The maximum absolute atomic E-state index is 11.5. The predicted molar refractivity (Wildman–Crippen MR) is 93.1 cm³/mol. The Morgan fingerprint density at radius 3 is 1.52 bits per heavy atom. The lowest BCUT2D eigenvalue weighted by Gasteiger charge is -2.32. The van der Waals surface area contributed by atoms with Crippen LogP contribution in [0.1, 0.15) is 64.2 Å². The number of carboxylic acid groups (broad SMARTS) is 2. The molecule has 0 aromatic rings. The smallest absolute Gasteiger partial charge is 0.333 e. The number of nitrogens with one attached hydrogen (secondary N) is 1. The van der Waals surface area contributed by atoms with E-state index in [1.54, 1.807) is 6.34 Å². The van der Waals surface area contributed by atoms with Gasteiger partial charge in [0.25, 0.3) is 0 Å². The molecule has 2 saturated carbocycles. The van der Waals surface area contributed by atoms with E-state index in [-0.39, 0.29) is 0 Å². The second-order valence-corrected chi connectivity index (χ2v) is 6.98. The van der Waals surface area contributed by atoms with Crippen molar-refractivity contribution in [3.63, 3.8) is 0 Å². The average molecular weight is 352 g/mol. The zero-order valence-electron chi connectivity index (χ0n) is 14.6. The summed E-state index contributed by atoms with van der Waals surface area (Å²) in [7, 11) is 0. The normalized spacial score (nSPS) is 24.2. The first-order valence-corrected chi connectivity index (χ1v) is 9.13. The molecular weight excluding hydrogens is 324 g/mol. The van der Waals surface area contributed by atoms with Crippen LogP contribution >= 0.6 is 0 Å². The lowest BCUT2D eigenvalue weighted by molar-refractivity contribution is -0.147. The van der Waals surface area contributed by atoms with Crippen LogP contribution in [0.4, 0.5) is 0 Å². The fourth-order valence-electron chi connectivity index (χ4n) is 3.50. The highest BCUT2D eigenvalue weighted by atomic mass is 16.4. The molecule has 8 heteroatoms. The summed E-state index contributed by atoms with van der Waals surface area (Å²) >= 11 is 0. The van der Waals surface area contributed by atoms with Gasteiger partial charge in [-0.2, -0.15) is 10.2 Å². The van der Waals surface area contributed by atoms with E-state index in [1.165, 1.54) is 0 Å². The molecule has 0 amide bonds. The summed E-state index contributed by atoms with van der Waals surface area (Å²) in [6.45, 7) is 1.99. The maximum Gasteiger partial charge on any atom is 0.333 e. The first-order chi connectivity index (χ1) is 12.0. The Kier molecular flexibility index (Phi) is 6.90. The van der Waals surface area contributed by atoms with Crippen molar-refractivity contribution in [1.29, 1.82) is 0 Å². The van der Waals surface area contributed by atoms with Gasteiger partial charge in [0.05, 0.1) is 12.9 Å². The Morgan fingerprint density at radius 1 is 0.840 bits per heavy atom. The van der Waals surface area contributed by atoms with Crippen LogP contribution in [0, 0.1) is 0 Å². The summed E-state index contributed by atoms with van der Waals surface area (Å²) in [5.74, 6) is -1.95. The van der Waals surface area contributed by atoms with Crippen molar-refractivity contribution in [3.05, 3.63) is 0 Å². The van der Waals surface area contributed by atoms with Crippen molar-refractivity contribution in [2.45, 2.75) is 75.3 Å². The lowest BCUT2D eigenvalue weighted by Crippen LogP contribution is -2.42. The van der Waals surface area contributed by atoms with Crippen molar-refractivity contribution in [2.75, 3.05) is 13.1 Å². The minimum Gasteiger partial charge on any atom is -0.479 e. The van der Waals surface area contributed by atoms with E-state index in [0.29, 0.717) is 25.7 Å². The first-order valence-electron chi connectivity index (χ1n) is 9.13. The van der Waals surface area contributed by atoms with E-state index >= 15 is 0 Å². The number of rotatable bonds is 4. The third kappa shape index (κ3) is 4.99. The Balaban J connectivity index is 0.000000386. The zero-order valence-corrected chi connectivity index (χ0v) is 14.6. The number of hydrogen-bond acceptors (Lipinski definition) is 6. The number of azo groups is 1. The van der Waals surface area contributed by atoms with E-state index in [9.17, 15) is 19.8 Å². The molecule has 8 nitrogen and oxygen atoms in total. The second kappa shape index (κ2) is 8.92. The molecule has 2 fully saturated rings. The highest BCUT2D eigenvalue weighted by Crippen LogP contribution is 2.37. The fourth-order valence-corrected chi connectivity index (χ4v) is 3.50. The zero-order chi connectivity index (χ0) is 18.2. The van der Waals surface area contributed by atoms with Gasteiger partial charge in [0, 0.05) is 6.54 Å². The van der Waals surface area contributed by atoms with Crippen molar-refractivity contribution < 1.29 is 19.8 Å². The fraction of sp³-hybridized carbons (Fsp3) is 0.824. The van der Waals surface area contributed by atoms with Crippen LogP contribution < -0.4 is 5.32 Å². The molecule has 3 aliphatic rings. The minimum absolute atomic E-state index is 0.460. The average Bonchev–Trinajstić information content (AvgIpc) is 3.21. The highest BCUT2D eigenvalue weighted by Gasteiger charge is 2.44. The van der Waals surface area contributed by atoms with Crippen molar-refractivity contribution in [3.8, 4) is 0 Å². The Labute approximate surface area is 147 Å². The largest absolute Gasteiger partial charge is 0.479 e. The van der Waals surface area contributed by atoms with E-state index in [2.05, 4.69) is 20.5 Å². The van der Waals surface area contributed by atoms with Crippen molar-refractivity contribution in [1.82, 2.24) is 5.32 Å². The number of nitrogens with zero attached hydrogens (tertiary/aromatic N) is 3. The van der Waals surface area contributed by atoms with E-state index < -0.39 is 23.0 Å². The van der Waals surface area contributed by atoms with E-state index in [0.717, 1.165) is 51.6 Å². The summed E-state index contributed by atoms with van der Waals surface area (Å²) in [5.41, 5.74) is -2.39. The summed E-state index contributed by atoms with van der Waals surface area (Å²) < 4.78 is 0. The van der Waals surface area contributed by atoms with Gasteiger partial charge in [0.15, 0.2) is 11.1 Å². The van der Waals surface area contributed by atoms with Crippen LogP contribution in [0.15, 0.2) is 15.2 Å². The van der Waals surface area contributed by atoms with Crippen LogP contribution in [-0.2, 0) is 9.59 Å². The van der Waals surface area contributed by atoms with Gasteiger partial charge < -0.3 is 15.5 Å². The Bertz CT molecular complexity index is 477.